The highest BCUT2D eigenvalue weighted by molar-refractivity contribution is 5.93. The molecule has 5 rings (SSSR count). The number of para-hydroxylation sites is 1. The Hall–Kier alpha value is -3.11. The molecule has 0 saturated carbocycles. The summed E-state index contributed by atoms with van der Waals surface area (Å²) in [5.41, 5.74) is 6.11. The number of benzene rings is 3. The Balaban J connectivity index is 1.33. The van der Waals surface area contributed by atoms with E-state index in [-0.39, 0.29) is 18.1 Å². The van der Waals surface area contributed by atoms with Gasteiger partial charge in [0, 0.05) is 36.9 Å². The van der Waals surface area contributed by atoms with E-state index < -0.39 is 0 Å². The van der Waals surface area contributed by atoms with Crippen molar-refractivity contribution in [1.82, 2.24) is 9.80 Å². The van der Waals surface area contributed by atoms with Gasteiger partial charge in [0.2, 0.25) is 0 Å². The van der Waals surface area contributed by atoms with Crippen molar-refractivity contribution in [2.75, 3.05) is 18.4 Å². The van der Waals surface area contributed by atoms with Gasteiger partial charge in [-0.15, -0.1) is 0 Å². The molecule has 1 atom stereocenters. The van der Waals surface area contributed by atoms with Crippen LogP contribution in [-0.2, 0) is 13.0 Å². The van der Waals surface area contributed by atoms with E-state index in [9.17, 15) is 4.79 Å². The Kier molecular flexibility index (Phi) is 6.45. The second-order valence-corrected chi connectivity index (χ2v) is 9.32. The van der Waals surface area contributed by atoms with Crippen LogP contribution in [0.4, 0.5) is 10.5 Å². The lowest BCUT2D eigenvalue weighted by Crippen LogP contribution is -2.52. The fourth-order valence-electron chi connectivity index (χ4n) is 5.43. The zero-order valence-electron chi connectivity index (χ0n) is 19.4. The number of urea groups is 1. The predicted octanol–water partition coefficient (Wildman–Crippen LogP) is 6.24. The van der Waals surface area contributed by atoms with Gasteiger partial charge in [0.05, 0.1) is 6.04 Å². The number of fused-ring (bicyclic) bond motifs is 1. The van der Waals surface area contributed by atoms with Crippen molar-refractivity contribution >= 4 is 11.7 Å². The van der Waals surface area contributed by atoms with E-state index in [4.69, 9.17) is 0 Å². The van der Waals surface area contributed by atoms with Crippen LogP contribution in [0, 0.1) is 0 Å². The molecule has 4 nitrogen and oxygen atoms in total. The van der Waals surface area contributed by atoms with Crippen molar-refractivity contribution in [2.24, 2.45) is 0 Å². The lowest BCUT2D eigenvalue weighted by atomic mass is 9.90. The summed E-state index contributed by atoms with van der Waals surface area (Å²) in [4.78, 5) is 18.0. The van der Waals surface area contributed by atoms with E-state index in [1.165, 1.54) is 28.7 Å². The number of hydrogen-bond acceptors (Lipinski definition) is 2. The molecule has 33 heavy (non-hydrogen) atoms. The van der Waals surface area contributed by atoms with Crippen molar-refractivity contribution in [3.8, 4) is 0 Å². The molecule has 1 unspecified atom stereocenters. The van der Waals surface area contributed by atoms with E-state index in [0.717, 1.165) is 44.6 Å². The minimum atomic E-state index is -0.0431. The number of carbonyl (C=O) groups is 1. The molecule has 0 spiro atoms. The van der Waals surface area contributed by atoms with Crippen LogP contribution < -0.4 is 5.32 Å². The van der Waals surface area contributed by atoms with Crippen molar-refractivity contribution in [1.29, 1.82) is 0 Å². The zero-order chi connectivity index (χ0) is 22.6. The maximum Gasteiger partial charge on any atom is 0.322 e. The number of likely N-dealkylation sites (tertiary alicyclic amines) is 1. The first kappa shape index (κ1) is 21.7. The first-order chi connectivity index (χ1) is 16.2. The largest absolute Gasteiger partial charge is 0.322 e. The monoisotopic (exact) mass is 439 g/mol. The summed E-state index contributed by atoms with van der Waals surface area (Å²) >= 11 is 0. The molecular formula is C29H33N3O. The minimum Gasteiger partial charge on any atom is -0.310 e. The van der Waals surface area contributed by atoms with Gasteiger partial charge in [0.25, 0.3) is 0 Å². The summed E-state index contributed by atoms with van der Waals surface area (Å²) in [7, 11) is 0. The number of nitrogens with one attached hydrogen (secondary N) is 1. The molecule has 1 N–H and O–H groups in total. The number of nitrogens with zero attached hydrogens (tertiary/aromatic N) is 2. The van der Waals surface area contributed by atoms with Crippen LogP contribution in [-0.4, -0.2) is 35.0 Å². The highest BCUT2D eigenvalue weighted by Crippen LogP contribution is 2.40. The summed E-state index contributed by atoms with van der Waals surface area (Å²) in [5, 5.41) is 3.15. The maximum absolute atomic E-state index is 13.3. The third-order valence-corrected chi connectivity index (χ3v) is 7.01. The normalized spacial score (nSPS) is 19.2. The number of aryl methyl sites for hydroxylation is 1. The van der Waals surface area contributed by atoms with Crippen molar-refractivity contribution in [2.45, 2.75) is 51.2 Å². The maximum atomic E-state index is 13.3. The molecule has 3 aromatic carbocycles. The second kappa shape index (κ2) is 9.80. The quantitative estimate of drug-likeness (QED) is 0.493. The van der Waals surface area contributed by atoms with Gasteiger partial charge in [-0.05, 0) is 42.0 Å². The molecule has 2 aliphatic rings. The van der Waals surface area contributed by atoms with Gasteiger partial charge in [0.15, 0.2) is 0 Å². The third kappa shape index (κ3) is 4.67. The van der Waals surface area contributed by atoms with Gasteiger partial charge in [-0.2, -0.15) is 0 Å². The Morgan fingerprint density at radius 3 is 2.39 bits per heavy atom. The minimum absolute atomic E-state index is 0.0215. The van der Waals surface area contributed by atoms with Crippen molar-refractivity contribution in [3.05, 3.63) is 101 Å². The average molecular weight is 440 g/mol. The van der Waals surface area contributed by atoms with Crippen molar-refractivity contribution in [3.63, 3.8) is 0 Å². The molecular weight excluding hydrogens is 406 g/mol. The summed E-state index contributed by atoms with van der Waals surface area (Å²) in [6.07, 6.45) is 4.31. The Morgan fingerprint density at radius 2 is 1.61 bits per heavy atom. The molecule has 0 aromatic heterocycles. The Bertz CT molecular complexity index is 1090. The van der Waals surface area contributed by atoms with Gasteiger partial charge < -0.3 is 10.2 Å². The van der Waals surface area contributed by atoms with Crippen LogP contribution >= 0.6 is 0 Å². The molecule has 2 aliphatic heterocycles. The number of anilines is 1. The topological polar surface area (TPSA) is 35.6 Å². The van der Waals surface area contributed by atoms with Crippen LogP contribution in [0.5, 0.6) is 0 Å². The van der Waals surface area contributed by atoms with Gasteiger partial charge in [0.1, 0.15) is 0 Å². The summed E-state index contributed by atoms with van der Waals surface area (Å²) in [6.45, 7) is 5.24. The molecule has 0 radical (unpaired) electrons. The lowest BCUT2D eigenvalue weighted by Gasteiger charge is -2.45. The highest BCUT2D eigenvalue weighted by Gasteiger charge is 2.38. The Labute approximate surface area is 197 Å². The standard InChI is InChI=1S/C29H33N3O/c1-2-9-22-10-8-11-23(20-22)21-31-18-16-25(17-19-31)32-28(24-12-4-3-5-13-24)26-14-6-7-15-27(26)30-29(32)33/h3-8,10-15,20,25,28H,2,9,16-19,21H2,1H3,(H,30,33). The van der Waals surface area contributed by atoms with Crippen LogP contribution in [0.15, 0.2) is 78.9 Å². The lowest BCUT2D eigenvalue weighted by molar-refractivity contribution is 0.106. The average Bonchev–Trinajstić information content (AvgIpc) is 2.85. The van der Waals surface area contributed by atoms with E-state index in [2.05, 4.69) is 82.7 Å². The summed E-state index contributed by atoms with van der Waals surface area (Å²) in [5.74, 6) is 0. The molecule has 0 aliphatic carbocycles. The smallest absolute Gasteiger partial charge is 0.310 e. The zero-order valence-corrected chi connectivity index (χ0v) is 19.4. The van der Waals surface area contributed by atoms with Crippen LogP contribution in [0.25, 0.3) is 0 Å². The van der Waals surface area contributed by atoms with Crippen LogP contribution in [0.3, 0.4) is 0 Å². The van der Waals surface area contributed by atoms with Gasteiger partial charge in [-0.25, -0.2) is 4.79 Å². The molecule has 1 saturated heterocycles. The molecule has 1 fully saturated rings. The molecule has 170 valence electrons. The molecule has 0 bridgehead atoms. The first-order valence-electron chi connectivity index (χ1n) is 12.3. The number of carbonyl (C=O) groups excluding carboxylic acids is 1. The number of amides is 2. The SMILES string of the molecule is CCCc1cccc(CN2CCC(N3C(=O)Nc4ccccc4C3c3ccccc3)CC2)c1. The number of piperidine rings is 1. The third-order valence-electron chi connectivity index (χ3n) is 7.01. The second-order valence-electron chi connectivity index (χ2n) is 9.32. The van der Waals surface area contributed by atoms with Crippen molar-refractivity contribution < 1.29 is 4.79 Å². The van der Waals surface area contributed by atoms with E-state index in [0.29, 0.717) is 0 Å². The fraction of sp³-hybridized carbons (Fsp3) is 0.345. The summed E-state index contributed by atoms with van der Waals surface area (Å²) < 4.78 is 0. The first-order valence-corrected chi connectivity index (χ1v) is 12.3. The van der Waals surface area contributed by atoms with Gasteiger partial charge >= 0.3 is 6.03 Å². The summed E-state index contributed by atoms with van der Waals surface area (Å²) in [6, 6.07) is 27.9. The molecule has 2 heterocycles. The van der Waals surface area contributed by atoms with E-state index in [1.807, 2.05) is 18.2 Å². The molecule has 2 amide bonds. The number of rotatable bonds is 6. The van der Waals surface area contributed by atoms with Crippen LogP contribution in [0.2, 0.25) is 0 Å². The molecule has 3 aromatic rings. The number of hydrogen-bond donors (Lipinski definition) is 1. The Morgan fingerprint density at radius 1 is 0.879 bits per heavy atom. The van der Waals surface area contributed by atoms with E-state index in [1.54, 1.807) is 0 Å². The predicted molar refractivity (Wildman–Crippen MR) is 134 cm³/mol. The fourth-order valence-corrected chi connectivity index (χ4v) is 5.43. The molecule has 4 heteroatoms. The highest BCUT2D eigenvalue weighted by atomic mass is 16.2. The van der Waals surface area contributed by atoms with Gasteiger partial charge in [-0.1, -0.05) is 86.1 Å². The van der Waals surface area contributed by atoms with Gasteiger partial charge in [-0.3, -0.25) is 4.90 Å². The van der Waals surface area contributed by atoms with E-state index >= 15 is 0 Å². The van der Waals surface area contributed by atoms with Crippen LogP contribution in [0.1, 0.15) is 54.5 Å².